The molecule has 0 heterocycles. The zero-order valence-corrected chi connectivity index (χ0v) is 10.0. The van der Waals surface area contributed by atoms with Gasteiger partial charge < -0.3 is 4.90 Å². The maximum atomic E-state index is 12.0. The van der Waals surface area contributed by atoms with Gasteiger partial charge in [0.05, 0.1) is 0 Å². The van der Waals surface area contributed by atoms with Gasteiger partial charge in [-0.2, -0.15) is 0 Å². The zero-order valence-electron chi connectivity index (χ0n) is 9.29. The summed E-state index contributed by atoms with van der Waals surface area (Å²) < 4.78 is 0. The van der Waals surface area contributed by atoms with E-state index in [0.717, 1.165) is 0 Å². The average molecular weight is 218 g/mol. The molecule has 2 nitrogen and oxygen atoms in total. The third-order valence-corrected chi connectivity index (χ3v) is 3.12. The highest BCUT2D eigenvalue weighted by Crippen LogP contribution is 2.37. The number of carbonyl (C=O) groups is 1. The Morgan fingerprint density at radius 3 is 2.36 bits per heavy atom. The second-order valence-corrected chi connectivity index (χ2v) is 4.82. The number of amides is 1. The molecule has 0 bridgehead atoms. The van der Waals surface area contributed by atoms with Crippen LogP contribution in [0.4, 0.5) is 0 Å². The van der Waals surface area contributed by atoms with Gasteiger partial charge in [0.25, 0.3) is 0 Å². The van der Waals surface area contributed by atoms with E-state index in [-0.39, 0.29) is 17.9 Å². The van der Waals surface area contributed by atoms with Crippen molar-refractivity contribution in [1.29, 1.82) is 0 Å². The molecule has 1 rings (SSSR count). The number of nitrogens with zero attached hydrogens (tertiary/aromatic N) is 1. The lowest BCUT2D eigenvalue weighted by molar-refractivity contribution is -0.137. The summed E-state index contributed by atoms with van der Waals surface area (Å²) in [7, 11) is 0. The van der Waals surface area contributed by atoms with E-state index in [1.807, 2.05) is 25.7 Å². The maximum Gasteiger partial charge on any atom is 0.225 e. The van der Waals surface area contributed by atoms with Gasteiger partial charge in [-0.05, 0) is 32.6 Å². The van der Waals surface area contributed by atoms with Crippen molar-refractivity contribution in [1.82, 2.24) is 4.90 Å². The molecule has 1 atom stereocenters. The van der Waals surface area contributed by atoms with Crippen molar-refractivity contribution in [2.24, 2.45) is 11.8 Å². The van der Waals surface area contributed by atoms with Gasteiger partial charge in [-0.3, -0.25) is 4.79 Å². The van der Waals surface area contributed by atoms with E-state index in [4.69, 9.17) is 11.6 Å². The molecule has 0 radical (unpaired) electrons. The summed E-state index contributed by atoms with van der Waals surface area (Å²) in [6, 6.07) is 0.266. The van der Waals surface area contributed by atoms with Crippen LogP contribution >= 0.6 is 11.6 Å². The molecule has 0 aromatic carbocycles. The quantitative estimate of drug-likeness (QED) is 0.648. The van der Waals surface area contributed by atoms with E-state index in [2.05, 4.69) is 0 Å². The van der Waals surface area contributed by atoms with Gasteiger partial charge in [0.2, 0.25) is 5.91 Å². The average Bonchev–Trinajstić information content (AvgIpc) is 2.94. The SMILES string of the molecule is CC(C(=O)N(CCCl)C(C)C)C1CC1. The van der Waals surface area contributed by atoms with Crippen LogP contribution in [-0.4, -0.2) is 29.3 Å². The van der Waals surface area contributed by atoms with Crippen molar-refractivity contribution in [2.75, 3.05) is 12.4 Å². The van der Waals surface area contributed by atoms with Crippen molar-refractivity contribution in [3.05, 3.63) is 0 Å². The molecular weight excluding hydrogens is 198 g/mol. The Morgan fingerprint density at radius 2 is 2.00 bits per heavy atom. The largest absolute Gasteiger partial charge is 0.339 e. The summed E-state index contributed by atoms with van der Waals surface area (Å²) in [5.41, 5.74) is 0. The first-order valence-corrected chi connectivity index (χ1v) is 5.97. The van der Waals surface area contributed by atoms with Crippen LogP contribution < -0.4 is 0 Å². The van der Waals surface area contributed by atoms with Gasteiger partial charge in [-0.1, -0.05) is 6.92 Å². The maximum absolute atomic E-state index is 12.0. The molecule has 1 aliphatic rings. The normalized spacial score (nSPS) is 18.4. The van der Waals surface area contributed by atoms with Crippen molar-refractivity contribution >= 4 is 17.5 Å². The summed E-state index contributed by atoms with van der Waals surface area (Å²) in [4.78, 5) is 13.9. The van der Waals surface area contributed by atoms with Crippen LogP contribution in [0.1, 0.15) is 33.6 Å². The minimum Gasteiger partial charge on any atom is -0.339 e. The van der Waals surface area contributed by atoms with E-state index in [1.54, 1.807) is 0 Å². The predicted octanol–water partition coefficient (Wildman–Crippen LogP) is 2.51. The number of hydrogen-bond donors (Lipinski definition) is 0. The number of rotatable bonds is 5. The Hall–Kier alpha value is -0.240. The number of alkyl halides is 1. The monoisotopic (exact) mass is 217 g/mol. The van der Waals surface area contributed by atoms with E-state index in [0.29, 0.717) is 18.3 Å². The van der Waals surface area contributed by atoms with Crippen LogP contribution in [-0.2, 0) is 4.79 Å². The molecule has 0 aromatic heterocycles. The van der Waals surface area contributed by atoms with Crippen LogP contribution in [0.5, 0.6) is 0 Å². The molecule has 1 aliphatic carbocycles. The zero-order chi connectivity index (χ0) is 10.7. The second kappa shape index (κ2) is 5.01. The van der Waals surface area contributed by atoms with Gasteiger partial charge in [-0.25, -0.2) is 0 Å². The van der Waals surface area contributed by atoms with Crippen molar-refractivity contribution in [3.8, 4) is 0 Å². The fourth-order valence-corrected chi connectivity index (χ4v) is 1.96. The highest BCUT2D eigenvalue weighted by atomic mass is 35.5. The summed E-state index contributed by atoms with van der Waals surface area (Å²) in [5.74, 6) is 1.64. The van der Waals surface area contributed by atoms with Gasteiger partial charge in [0.1, 0.15) is 0 Å². The smallest absolute Gasteiger partial charge is 0.225 e. The van der Waals surface area contributed by atoms with Crippen LogP contribution in [0.15, 0.2) is 0 Å². The first-order valence-electron chi connectivity index (χ1n) is 5.44. The van der Waals surface area contributed by atoms with E-state index in [9.17, 15) is 4.79 Å². The Kier molecular flexibility index (Phi) is 4.24. The second-order valence-electron chi connectivity index (χ2n) is 4.44. The third kappa shape index (κ3) is 2.88. The standard InChI is InChI=1S/C11H20ClNO/c1-8(2)13(7-6-12)11(14)9(3)10-4-5-10/h8-10H,4-7H2,1-3H3. The van der Waals surface area contributed by atoms with Gasteiger partial charge in [-0.15, -0.1) is 11.6 Å². The van der Waals surface area contributed by atoms with E-state index >= 15 is 0 Å². The number of halogens is 1. The minimum absolute atomic E-state index is 0.195. The Balaban J connectivity index is 2.52. The van der Waals surface area contributed by atoms with Crippen molar-refractivity contribution in [2.45, 2.75) is 39.7 Å². The first-order chi connectivity index (χ1) is 6.57. The van der Waals surface area contributed by atoms with Crippen LogP contribution in [0.3, 0.4) is 0 Å². The topological polar surface area (TPSA) is 20.3 Å². The summed E-state index contributed by atoms with van der Waals surface area (Å²) in [6.45, 7) is 6.81. The first kappa shape index (κ1) is 11.8. The lowest BCUT2D eigenvalue weighted by atomic mass is 10.0. The number of hydrogen-bond acceptors (Lipinski definition) is 1. The minimum atomic E-state index is 0.195. The van der Waals surface area contributed by atoms with Gasteiger partial charge >= 0.3 is 0 Å². The lowest BCUT2D eigenvalue weighted by Crippen LogP contribution is -2.41. The molecule has 1 amide bonds. The fraction of sp³-hybridized carbons (Fsp3) is 0.909. The Bertz CT molecular complexity index is 201. The fourth-order valence-electron chi connectivity index (χ4n) is 1.77. The van der Waals surface area contributed by atoms with Crippen LogP contribution in [0, 0.1) is 11.8 Å². The summed E-state index contributed by atoms with van der Waals surface area (Å²) in [6.07, 6.45) is 2.44. The molecular formula is C11H20ClNO. The molecule has 0 N–H and O–H groups in total. The molecule has 0 aromatic rings. The molecule has 3 heteroatoms. The molecule has 14 heavy (non-hydrogen) atoms. The van der Waals surface area contributed by atoms with E-state index < -0.39 is 0 Å². The highest BCUT2D eigenvalue weighted by Gasteiger charge is 2.35. The van der Waals surface area contributed by atoms with Gasteiger partial charge in [0, 0.05) is 24.4 Å². The predicted molar refractivity (Wildman–Crippen MR) is 59.5 cm³/mol. The van der Waals surface area contributed by atoms with Crippen molar-refractivity contribution in [3.63, 3.8) is 0 Å². The van der Waals surface area contributed by atoms with Crippen LogP contribution in [0.2, 0.25) is 0 Å². The van der Waals surface area contributed by atoms with E-state index in [1.165, 1.54) is 12.8 Å². The molecule has 1 unspecified atom stereocenters. The summed E-state index contributed by atoms with van der Waals surface area (Å²) >= 11 is 5.69. The molecule has 0 aliphatic heterocycles. The van der Waals surface area contributed by atoms with Gasteiger partial charge in [0.15, 0.2) is 0 Å². The van der Waals surface area contributed by atoms with Crippen LogP contribution in [0.25, 0.3) is 0 Å². The number of carbonyl (C=O) groups excluding carboxylic acids is 1. The Labute approximate surface area is 91.6 Å². The molecule has 1 saturated carbocycles. The van der Waals surface area contributed by atoms with Crippen molar-refractivity contribution < 1.29 is 4.79 Å². The molecule has 1 fully saturated rings. The Morgan fingerprint density at radius 1 is 1.43 bits per heavy atom. The summed E-state index contributed by atoms with van der Waals surface area (Å²) in [5, 5.41) is 0. The lowest BCUT2D eigenvalue weighted by Gasteiger charge is -2.28. The molecule has 0 spiro atoms. The highest BCUT2D eigenvalue weighted by molar-refractivity contribution is 6.18. The molecule has 82 valence electrons. The third-order valence-electron chi connectivity index (χ3n) is 2.95. The molecule has 0 saturated heterocycles.